The molecule has 4 aromatic rings. The summed E-state index contributed by atoms with van der Waals surface area (Å²) in [5.41, 5.74) is 5.92. The van der Waals surface area contributed by atoms with Crippen LogP contribution in [-0.4, -0.2) is 33.2 Å². The van der Waals surface area contributed by atoms with E-state index in [1.54, 1.807) is 18.0 Å². The van der Waals surface area contributed by atoms with Gasteiger partial charge in [-0.25, -0.2) is 5.43 Å². The number of phenols is 1. The molecule has 0 saturated heterocycles. The molecule has 0 saturated carbocycles. The van der Waals surface area contributed by atoms with E-state index >= 15 is 0 Å². The van der Waals surface area contributed by atoms with Crippen molar-refractivity contribution in [2.45, 2.75) is 66.8 Å². The molecule has 3 aromatic carbocycles. The Kier molecular flexibility index (Phi) is 9.03. The predicted octanol–water partition coefficient (Wildman–Crippen LogP) is 7.53. The van der Waals surface area contributed by atoms with E-state index in [4.69, 9.17) is 0 Å². The molecule has 0 unspecified atom stereocenters. The Morgan fingerprint density at radius 1 is 0.949 bits per heavy atom. The van der Waals surface area contributed by atoms with Gasteiger partial charge in [-0.3, -0.25) is 4.79 Å². The van der Waals surface area contributed by atoms with Gasteiger partial charge in [0.05, 0.1) is 12.0 Å². The Balaban J connectivity index is 1.32. The van der Waals surface area contributed by atoms with Crippen LogP contribution in [0.25, 0.3) is 10.8 Å². The third-order valence-electron chi connectivity index (χ3n) is 6.10. The lowest BCUT2D eigenvalue weighted by Crippen LogP contribution is -2.20. The third-order valence-corrected chi connectivity index (χ3v) is 9.34. The van der Waals surface area contributed by atoms with Crippen LogP contribution in [-0.2, 0) is 21.4 Å². The SMILES string of the molecule is CC(C)(C)c1cc(C=NNC(=O)CSc2nnc(SCc3cccc4ccccc34)s2)cc(C(C)(C)C)c1O. The monoisotopic (exact) mass is 578 g/mol. The minimum atomic E-state index is -0.235. The van der Waals surface area contributed by atoms with Gasteiger partial charge >= 0.3 is 0 Å². The van der Waals surface area contributed by atoms with Crippen molar-refractivity contribution in [1.29, 1.82) is 0 Å². The lowest BCUT2D eigenvalue weighted by atomic mass is 9.78. The van der Waals surface area contributed by atoms with E-state index in [1.165, 1.54) is 39.4 Å². The molecule has 0 aliphatic carbocycles. The van der Waals surface area contributed by atoms with Gasteiger partial charge in [0.1, 0.15) is 5.75 Å². The number of hydrazone groups is 1. The highest BCUT2D eigenvalue weighted by molar-refractivity contribution is 8.03. The van der Waals surface area contributed by atoms with Crippen LogP contribution in [0.2, 0.25) is 0 Å². The van der Waals surface area contributed by atoms with Crippen molar-refractivity contribution in [1.82, 2.24) is 15.6 Å². The summed E-state index contributed by atoms with van der Waals surface area (Å²) in [5, 5.41) is 26.0. The number of aromatic hydroxyl groups is 1. The van der Waals surface area contributed by atoms with Crippen molar-refractivity contribution in [3.8, 4) is 5.75 Å². The van der Waals surface area contributed by atoms with Crippen LogP contribution in [0.3, 0.4) is 0 Å². The van der Waals surface area contributed by atoms with E-state index in [0.29, 0.717) is 5.75 Å². The first-order chi connectivity index (χ1) is 18.4. The summed E-state index contributed by atoms with van der Waals surface area (Å²) in [7, 11) is 0. The van der Waals surface area contributed by atoms with Crippen LogP contribution in [0.15, 0.2) is 68.4 Å². The van der Waals surface area contributed by atoms with Gasteiger partial charge < -0.3 is 5.11 Å². The summed E-state index contributed by atoms with van der Waals surface area (Å²) in [6, 6.07) is 18.6. The fourth-order valence-electron chi connectivity index (χ4n) is 4.08. The number of amides is 1. The van der Waals surface area contributed by atoms with Gasteiger partial charge in [0, 0.05) is 16.9 Å². The molecule has 0 aliphatic rings. The second kappa shape index (κ2) is 12.1. The number of hydrogen-bond acceptors (Lipinski definition) is 8. The number of hydrogen-bond donors (Lipinski definition) is 2. The minimum absolute atomic E-state index is 0.190. The molecule has 0 atom stereocenters. The van der Waals surface area contributed by atoms with E-state index in [1.807, 2.05) is 18.2 Å². The Morgan fingerprint density at radius 3 is 2.23 bits per heavy atom. The van der Waals surface area contributed by atoms with Crippen molar-refractivity contribution in [2.24, 2.45) is 5.10 Å². The summed E-state index contributed by atoms with van der Waals surface area (Å²) < 4.78 is 1.62. The Morgan fingerprint density at radius 2 is 1.56 bits per heavy atom. The quantitative estimate of drug-likeness (QED) is 0.128. The van der Waals surface area contributed by atoms with Crippen LogP contribution in [0, 0.1) is 0 Å². The Bertz CT molecular complexity index is 1460. The van der Waals surface area contributed by atoms with E-state index in [2.05, 4.69) is 98.7 Å². The van der Waals surface area contributed by atoms with Crippen molar-refractivity contribution in [2.75, 3.05) is 5.75 Å². The first-order valence-electron chi connectivity index (χ1n) is 12.7. The molecule has 204 valence electrons. The summed E-state index contributed by atoms with van der Waals surface area (Å²) in [4.78, 5) is 12.4. The zero-order valence-corrected chi connectivity index (χ0v) is 25.6. The summed E-state index contributed by atoms with van der Waals surface area (Å²) >= 11 is 4.49. The average Bonchev–Trinajstić information content (AvgIpc) is 3.33. The summed E-state index contributed by atoms with van der Waals surface area (Å²) in [6.07, 6.45) is 1.62. The van der Waals surface area contributed by atoms with Gasteiger partial charge in [-0.15, -0.1) is 10.2 Å². The second-order valence-corrected chi connectivity index (χ2v) is 14.7. The topological polar surface area (TPSA) is 87.5 Å². The lowest BCUT2D eigenvalue weighted by molar-refractivity contribution is -0.118. The van der Waals surface area contributed by atoms with E-state index in [-0.39, 0.29) is 22.5 Å². The molecule has 6 nitrogen and oxygen atoms in total. The molecule has 0 aliphatic heterocycles. The fraction of sp³-hybridized carbons (Fsp3) is 0.333. The number of benzene rings is 3. The van der Waals surface area contributed by atoms with Gasteiger partial charge in [-0.05, 0) is 44.9 Å². The van der Waals surface area contributed by atoms with Crippen molar-refractivity contribution in [3.63, 3.8) is 0 Å². The maximum Gasteiger partial charge on any atom is 0.250 e. The average molecular weight is 579 g/mol. The van der Waals surface area contributed by atoms with Gasteiger partial charge in [0.2, 0.25) is 0 Å². The second-order valence-electron chi connectivity index (χ2n) is 11.3. The lowest BCUT2D eigenvalue weighted by Gasteiger charge is -2.27. The van der Waals surface area contributed by atoms with E-state index in [0.717, 1.165) is 31.1 Å². The molecule has 4 rings (SSSR count). The molecule has 0 radical (unpaired) electrons. The van der Waals surface area contributed by atoms with Gasteiger partial charge in [0.25, 0.3) is 5.91 Å². The first kappa shape index (κ1) is 29.1. The molecule has 39 heavy (non-hydrogen) atoms. The smallest absolute Gasteiger partial charge is 0.250 e. The highest BCUT2D eigenvalue weighted by Crippen LogP contribution is 2.39. The molecule has 1 aromatic heterocycles. The molecule has 9 heteroatoms. The largest absolute Gasteiger partial charge is 0.507 e. The number of carbonyl (C=O) groups excluding carboxylic acids is 1. The maximum absolute atomic E-state index is 12.4. The Labute approximate surface area is 242 Å². The predicted molar refractivity (Wildman–Crippen MR) is 165 cm³/mol. The van der Waals surface area contributed by atoms with E-state index < -0.39 is 0 Å². The van der Waals surface area contributed by atoms with E-state index in [9.17, 15) is 9.90 Å². The molecule has 0 spiro atoms. The van der Waals surface area contributed by atoms with Gasteiger partial charge in [-0.2, -0.15) is 5.10 Å². The van der Waals surface area contributed by atoms with Crippen LogP contribution in [0.1, 0.15) is 63.8 Å². The number of thioether (sulfide) groups is 2. The fourth-order valence-corrected chi connectivity index (χ4v) is 6.90. The molecular weight excluding hydrogens is 545 g/mol. The zero-order chi connectivity index (χ0) is 28.2. The number of aromatic nitrogens is 2. The van der Waals surface area contributed by atoms with Crippen molar-refractivity contribution >= 4 is 57.8 Å². The Hall–Kier alpha value is -2.88. The van der Waals surface area contributed by atoms with Gasteiger partial charge in [0.15, 0.2) is 8.68 Å². The zero-order valence-electron chi connectivity index (χ0n) is 23.1. The van der Waals surface area contributed by atoms with Crippen LogP contribution < -0.4 is 5.43 Å². The standard InChI is InChI=1S/C30H34N4O2S3/c1-29(2,3)23-14-19(15-24(26(23)36)30(4,5)6)16-31-32-25(35)18-38-28-34-33-27(39-28)37-17-21-12-9-11-20-10-7-8-13-22(20)21/h7-16,36H,17-18H2,1-6H3,(H,32,35). The highest BCUT2D eigenvalue weighted by Gasteiger charge is 2.26. The highest BCUT2D eigenvalue weighted by atomic mass is 32.2. The number of rotatable bonds is 8. The minimum Gasteiger partial charge on any atom is -0.507 e. The number of carbonyl (C=O) groups is 1. The molecular formula is C30H34N4O2S3. The number of nitrogens with one attached hydrogen (secondary N) is 1. The third kappa shape index (κ3) is 7.62. The first-order valence-corrected chi connectivity index (χ1v) is 15.5. The van der Waals surface area contributed by atoms with Crippen LogP contribution >= 0.6 is 34.9 Å². The van der Waals surface area contributed by atoms with Crippen molar-refractivity contribution < 1.29 is 9.90 Å². The van der Waals surface area contributed by atoms with Crippen LogP contribution in [0.4, 0.5) is 0 Å². The van der Waals surface area contributed by atoms with Crippen LogP contribution in [0.5, 0.6) is 5.75 Å². The van der Waals surface area contributed by atoms with Crippen molar-refractivity contribution in [3.05, 3.63) is 76.9 Å². The number of fused-ring (bicyclic) bond motifs is 1. The molecule has 2 N–H and O–H groups in total. The molecule has 1 amide bonds. The number of phenolic OH excluding ortho intramolecular Hbond substituents is 1. The summed E-state index contributed by atoms with van der Waals surface area (Å²) in [5.74, 6) is 1.10. The van der Waals surface area contributed by atoms with Gasteiger partial charge in [-0.1, -0.05) is 119 Å². The summed E-state index contributed by atoms with van der Waals surface area (Å²) in [6.45, 7) is 12.4. The maximum atomic E-state index is 12.4. The molecule has 1 heterocycles. The molecule has 0 fully saturated rings. The number of nitrogens with zero attached hydrogens (tertiary/aromatic N) is 3. The normalized spacial score (nSPS) is 12.4. The molecule has 0 bridgehead atoms.